The summed E-state index contributed by atoms with van der Waals surface area (Å²) in [5.74, 6) is -4.46. The van der Waals surface area contributed by atoms with Crippen molar-refractivity contribution in [3.8, 4) is 11.5 Å². The van der Waals surface area contributed by atoms with E-state index in [9.17, 15) is 24.6 Å². The highest BCUT2D eigenvalue weighted by atomic mass is 16.5. The van der Waals surface area contributed by atoms with Crippen LogP contribution in [0.4, 0.5) is 0 Å². The maximum atomic E-state index is 13.0. The number of amides is 2. The number of hydrogen-bond acceptors (Lipinski definition) is 6. The van der Waals surface area contributed by atoms with Gasteiger partial charge in [0.1, 0.15) is 23.8 Å². The molecule has 2 fully saturated rings. The van der Waals surface area contributed by atoms with Gasteiger partial charge < -0.3 is 25.1 Å². The van der Waals surface area contributed by atoms with Gasteiger partial charge in [0.05, 0.1) is 12.7 Å². The van der Waals surface area contributed by atoms with Crippen molar-refractivity contribution in [2.24, 2.45) is 11.8 Å². The van der Waals surface area contributed by atoms with Crippen molar-refractivity contribution in [1.82, 2.24) is 4.90 Å². The molecule has 30 heavy (non-hydrogen) atoms. The molecule has 0 bridgehead atoms. The first kappa shape index (κ1) is 19.9. The number of fused-ring (bicyclic) bond motifs is 1. The van der Waals surface area contributed by atoms with Crippen LogP contribution in [0.25, 0.3) is 0 Å². The summed E-state index contributed by atoms with van der Waals surface area (Å²) in [6.07, 6.45) is 0.00539. The minimum Gasteiger partial charge on any atom is -0.544 e. The molecule has 4 rings (SSSR count). The number of para-hydroxylation sites is 1. The number of imide groups is 1. The standard InChI is InChI=1S/C22H22N2O6/c1-24-19(26)15-16(20(24)27)22(21(28)29,11-12-7-4-3-5-8-12)23-17(15)13-9-6-10-14(30-2)18(13)25/h3-10,15-17,23,25H,11H2,1-2H3,(H,28,29)/t15-,16+,17-,22+/m0/s1. The smallest absolute Gasteiger partial charge is 0.239 e. The maximum absolute atomic E-state index is 13.0. The highest BCUT2D eigenvalue weighted by molar-refractivity contribution is 6.08. The molecule has 8 nitrogen and oxygen atoms in total. The second kappa shape index (κ2) is 7.14. The quantitative estimate of drug-likeness (QED) is 0.609. The number of quaternary nitrogens is 1. The number of phenols is 1. The predicted molar refractivity (Wildman–Crippen MR) is 102 cm³/mol. The number of likely N-dealkylation sites (tertiary alicyclic amines) is 1. The summed E-state index contributed by atoms with van der Waals surface area (Å²) in [4.78, 5) is 39.5. The average molecular weight is 410 g/mol. The topological polar surface area (TPSA) is 124 Å². The first-order valence-corrected chi connectivity index (χ1v) is 9.60. The van der Waals surface area contributed by atoms with E-state index in [1.165, 1.54) is 19.5 Å². The third-order valence-electron chi connectivity index (χ3n) is 6.32. The molecule has 2 aromatic carbocycles. The van der Waals surface area contributed by atoms with Crippen LogP contribution in [0.3, 0.4) is 0 Å². The lowest BCUT2D eigenvalue weighted by Gasteiger charge is -2.32. The fourth-order valence-corrected chi connectivity index (χ4v) is 4.89. The van der Waals surface area contributed by atoms with Gasteiger partial charge in [-0.3, -0.25) is 14.5 Å². The summed E-state index contributed by atoms with van der Waals surface area (Å²) in [5.41, 5.74) is -0.636. The van der Waals surface area contributed by atoms with E-state index in [1.54, 1.807) is 42.5 Å². The molecule has 156 valence electrons. The number of carbonyl (C=O) groups excluding carboxylic acids is 3. The van der Waals surface area contributed by atoms with Gasteiger partial charge in [0.25, 0.3) is 0 Å². The zero-order valence-corrected chi connectivity index (χ0v) is 16.6. The van der Waals surface area contributed by atoms with Gasteiger partial charge in [-0.25, -0.2) is 0 Å². The van der Waals surface area contributed by atoms with Crippen molar-refractivity contribution in [1.29, 1.82) is 0 Å². The minimum atomic E-state index is -1.69. The summed E-state index contributed by atoms with van der Waals surface area (Å²) in [6.45, 7) is 0. The number of methoxy groups -OCH3 is 1. The Labute approximate surface area is 173 Å². The number of aliphatic carboxylic acids is 1. The molecule has 4 atom stereocenters. The summed E-state index contributed by atoms with van der Waals surface area (Å²) >= 11 is 0. The second-order valence-electron chi connectivity index (χ2n) is 7.82. The van der Waals surface area contributed by atoms with Crippen LogP contribution >= 0.6 is 0 Å². The molecule has 2 aliphatic rings. The minimum absolute atomic E-state index is 0.00539. The molecule has 0 aromatic heterocycles. The van der Waals surface area contributed by atoms with Gasteiger partial charge in [-0.2, -0.15) is 0 Å². The maximum Gasteiger partial charge on any atom is 0.239 e. The zero-order chi connectivity index (χ0) is 21.6. The van der Waals surface area contributed by atoms with Crippen LogP contribution < -0.4 is 15.2 Å². The number of carbonyl (C=O) groups is 3. The van der Waals surface area contributed by atoms with Gasteiger partial charge in [0.15, 0.2) is 17.0 Å². The fraction of sp³-hybridized carbons (Fsp3) is 0.318. The van der Waals surface area contributed by atoms with Crippen molar-refractivity contribution < 1.29 is 34.7 Å². The largest absolute Gasteiger partial charge is 0.544 e. The Morgan fingerprint density at radius 2 is 1.87 bits per heavy atom. The second-order valence-corrected chi connectivity index (χ2v) is 7.82. The van der Waals surface area contributed by atoms with E-state index in [4.69, 9.17) is 4.74 Å². The van der Waals surface area contributed by atoms with Gasteiger partial charge in [-0.1, -0.05) is 36.4 Å². The van der Waals surface area contributed by atoms with E-state index in [0.29, 0.717) is 11.1 Å². The van der Waals surface area contributed by atoms with Crippen LogP contribution in [-0.4, -0.2) is 47.5 Å². The molecule has 2 saturated heterocycles. The molecular formula is C22H22N2O6. The Bertz CT molecular complexity index is 1020. The summed E-state index contributed by atoms with van der Waals surface area (Å²) in [5, 5.41) is 24.7. The van der Waals surface area contributed by atoms with Crippen molar-refractivity contribution in [3.05, 3.63) is 59.7 Å². The molecular weight excluding hydrogens is 388 g/mol. The van der Waals surface area contributed by atoms with Gasteiger partial charge in [-0.15, -0.1) is 0 Å². The van der Waals surface area contributed by atoms with Gasteiger partial charge >= 0.3 is 0 Å². The van der Waals surface area contributed by atoms with Gasteiger partial charge in [-0.05, 0) is 17.7 Å². The average Bonchev–Trinajstić information content (AvgIpc) is 3.19. The summed E-state index contributed by atoms with van der Waals surface area (Å²) < 4.78 is 5.17. The van der Waals surface area contributed by atoms with E-state index in [1.807, 2.05) is 6.07 Å². The number of rotatable bonds is 5. The molecule has 2 aliphatic heterocycles. The monoisotopic (exact) mass is 410 g/mol. The molecule has 0 unspecified atom stereocenters. The van der Waals surface area contributed by atoms with Crippen LogP contribution in [0.2, 0.25) is 0 Å². The number of hydrogen-bond donors (Lipinski definition) is 2. The molecule has 3 N–H and O–H groups in total. The Morgan fingerprint density at radius 3 is 2.50 bits per heavy atom. The van der Waals surface area contributed by atoms with Crippen molar-refractivity contribution >= 4 is 17.8 Å². The molecule has 0 radical (unpaired) electrons. The lowest BCUT2D eigenvalue weighted by atomic mass is 9.76. The molecule has 0 spiro atoms. The Hall–Kier alpha value is -3.39. The first-order chi connectivity index (χ1) is 14.3. The third-order valence-corrected chi connectivity index (χ3v) is 6.32. The number of nitrogens with two attached hydrogens (primary N) is 1. The van der Waals surface area contributed by atoms with Crippen molar-refractivity contribution in [2.75, 3.05) is 14.2 Å². The SMILES string of the molecule is COc1cccc([C@@H]2[NH2+][C@@](Cc3ccccc3)(C(=O)[O-])[C@H]3C(=O)N(C)C(=O)[C@H]23)c1O. The number of nitrogens with zero attached hydrogens (tertiary/aromatic N) is 1. The van der Waals surface area contributed by atoms with E-state index in [-0.39, 0.29) is 17.9 Å². The van der Waals surface area contributed by atoms with Crippen LogP contribution in [0, 0.1) is 11.8 Å². The van der Waals surface area contributed by atoms with E-state index in [2.05, 4.69) is 0 Å². The summed E-state index contributed by atoms with van der Waals surface area (Å²) in [7, 11) is 2.76. The Morgan fingerprint density at radius 1 is 1.17 bits per heavy atom. The van der Waals surface area contributed by atoms with Crippen LogP contribution in [0.5, 0.6) is 11.5 Å². The van der Waals surface area contributed by atoms with Gasteiger partial charge in [0.2, 0.25) is 11.8 Å². The number of ether oxygens (including phenoxy) is 1. The highest BCUT2D eigenvalue weighted by Gasteiger charge is 2.69. The molecule has 2 heterocycles. The van der Waals surface area contributed by atoms with Gasteiger partial charge in [0, 0.05) is 13.5 Å². The van der Waals surface area contributed by atoms with Crippen LogP contribution in [-0.2, 0) is 20.8 Å². The lowest BCUT2D eigenvalue weighted by molar-refractivity contribution is -0.738. The van der Waals surface area contributed by atoms with Crippen molar-refractivity contribution in [2.45, 2.75) is 18.0 Å². The van der Waals surface area contributed by atoms with Crippen molar-refractivity contribution in [3.63, 3.8) is 0 Å². The normalized spacial score (nSPS) is 27.9. The Balaban J connectivity index is 1.88. The van der Waals surface area contributed by atoms with Crippen LogP contribution in [0.1, 0.15) is 17.2 Å². The molecule has 0 saturated carbocycles. The third kappa shape index (κ3) is 2.75. The number of aromatic hydroxyl groups is 1. The molecule has 2 aromatic rings. The summed E-state index contributed by atoms with van der Waals surface area (Å²) in [6, 6.07) is 13.0. The lowest BCUT2D eigenvalue weighted by Crippen LogP contribution is -2.99. The first-order valence-electron chi connectivity index (χ1n) is 9.60. The van der Waals surface area contributed by atoms with E-state index in [0.717, 1.165) is 4.90 Å². The number of phenolic OH excluding ortho intramolecular Hbond substituents is 1. The molecule has 2 amide bonds. The highest BCUT2D eigenvalue weighted by Crippen LogP contribution is 2.47. The molecule has 0 aliphatic carbocycles. The fourth-order valence-electron chi connectivity index (χ4n) is 4.89. The Kier molecular flexibility index (Phi) is 4.74. The van der Waals surface area contributed by atoms with Crippen LogP contribution in [0.15, 0.2) is 48.5 Å². The number of carboxylic acids is 1. The zero-order valence-electron chi connectivity index (χ0n) is 16.6. The van der Waals surface area contributed by atoms with E-state index >= 15 is 0 Å². The predicted octanol–water partition coefficient (Wildman–Crippen LogP) is -1.02. The number of benzene rings is 2. The van der Waals surface area contributed by atoms with E-state index < -0.39 is 41.2 Å². The number of carboxylic acid groups (broad SMARTS) is 1. The molecule has 8 heteroatoms.